The molecule has 3 aromatic rings. The number of aromatic nitrogens is 2. The van der Waals surface area contributed by atoms with Gasteiger partial charge in [-0.05, 0) is 43.0 Å². The minimum Gasteiger partial charge on any atom is -0.481 e. The monoisotopic (exact) mass is 410 g/mol. The largest absolute Gasteiger partial charge is 0.481 e. The normalized spacial score (nSPS) is 11.2. The van der Waals surface area contributed by atoms with Crippen LogP contribution in [0.1, 0.15) is 34.7 Å². The van der Waals surface area contributed by atoms with Crippen LogP contribution in [-0.2, 0) is 17.6 Å². The fraction of sp³-hybridized carbons (Fsp3) is 0.278. The van der Waals surface area contributed by atoms with Crippen molar-refractivity contribution in [3.05, 3.63) is 60.4 Å². The molecule has 0 atom stereocenters. The van der Waals surface area contributed by atoms with Gasteiger partial charge in [-0.1, -0.05) is 29.3 Å². The number of fused-ring (bicyclic) bond motifs is 1. The van der Waals surface area contributed by atoms with Gasteiger partial charge in [0.15, 0.2) is 0 Å². The Bertz CT molecular complexity index is 1040. The summed E-state index contributed by atoms with van der Waals surface area (Å²) in [6.07, 6.45) is 1.71. The van der Waals surface area contributed by atoms with E-state index in [0.717, 1.165) is 16.0 Å². The zero-order valence-electron chi connectivity index (χ0n) is 13.9. The summed E-state index contributed by atoms with van der Waals surface area (Å²) in [6.45, 7) is 1.88. The van der Waals surface area contributed by atoms with Crippen LogP contribution >= 0.6 is 34.5 Å². The number of carboxylic acid groups (broad SMARTS) is 1. The predicted molar refractivity (Wildman–Crippen MR) is 105 cm³/mol. The molecular weight excluding hydrogens is 395 g/mol. The molecule has 0 saturated heterocycles. The molecule has 5 nitrogen and oxygen atoms in total. The number of carboxylic acids is 1. The van der Waals surface area contributed by atoms with Crippen molar-refractivity contribution in [1.29, 1.82) is 0 Å². The quantitative estimate of drug-likeness (QED) is 0.621. The maximum Gasteiger partial charge on any atom is 0.303 e. The van der Waals surface area contributed by atoms with Crippen LogP contribution in [-0.4, -0.2) is 21.0 Å². The second kappa shape index (κ2) is 7.78. The van der Waals surface area contributed by atoms with Gasteiger partial charge in [-0.25, -0.2) is 4.98 Å². The molecule has 3 rings (SSSR count). The van der Waals surface area contributed by atoms with Crippen molar-refractivity contribution in [2.45, 2.75) is 32.6 Å². The first-order valence-electron chi connectivity index (χ1n) is 8.02. The zero-order valence-corrected chi connectivity index (χ0v) is 16.3. The van der Waals surface area contributed by atoms with Crippen molar-refractivity contribution in [2.75, 3.05) is 0 Å². The molecule has 0 aliphatic carbocycles. The lowest BCUT2D eigenvalue weighted by Crippen LogP contribution is -2.11. The number of hydrogen-bond acceptors (Lipinski definition) is 4. The van der Waals surface area contributed by atoms with E-state index in [4.69, 9.17) is 28.3 Å². The number of aromatic amines is 1. The maximum absolute atomic E-state index is 12.5. The van der Waals surface area contributed by atoms with E-state index in [2.05, 4.69) is 9.97 Å². The summed E-state index contributed by atoms with van der Waals surface area (Å²) in [5.41, 5.74) is 1.60. The van der Waals surface area contributed by atoms with Crippen LogP contribution in [0.5, 0.6) is 0 Å². The number of thiophene rings is 1. The molecule has 136 valence electrons. The second-order valence-electron chi connectivity index (χ2n) is 6.02. The van der Waals surface area contributed by atoms with E-state index >= 15 is 0 Å². The van der Waals surface area contributed by atoms with Gasteiger partial charge < -0.3 is 10.1 Å². The Labute approximate surface area is 163 Å². The van der Waals surface area contributed by atoms with Crippen LogP contribution in [0.4, 0.5) is 0 Å². The van der Waals surface area contributed by atoms with E-state index in [-0.39, 0.29) is 12.0 Å². The number of aliphatic carboxylic acids is 1. The standard InChI is InChI=1S/C18H16Cl2N2O3S/c1-9-13(3-2-4-15(23)24)26-18-16(9)17(25)21-14(22-18)8-10-5-6-11(19)12(20)7-10/h5-7H,2-4,8H2,1H3,(H,23,24)(H,21,22,25). The summed E-state index contributed by atoms with van der Waals surface area (Å²) in [6, 6.07) is 5.31. The first-order valence-corrected chi connectivity index (χ1v) is 9.59. The third kappa shape index (κ3) is 4.09. The van der Waals surface area contributed by atoms with Crippen molar-refractivity contribution >= 4 is 50.7 Å². The third-order valence-corrected chi connectivity index (χ3v) is 6.08. The number of H-pyrrole nitrogens is 1. The second-order valence-corrected chi connectivity index (χ2v) is 7.91. The average molecular weight is 411 g/mol. The highest BCUT2D eigenvalue weighted by molar-refractivity contribution is 7.18. The number of carbonyl (C=O) groups is 1. The molecule has 0 bridgehead atoms. The van der Waals surface area contributed by atoms with Crippen LogP contribution in [0, 0.1) is 6.92 Å². The van der Waals surface area contributed by atoms with Gasteiger partial charge in [0.05, 0.1) is 15.4 Å². The number of hydrogen-bond donors (Lipinski definition) is 2. The number of benzene rings is 1. The van der Waals surface area contributed by atoms with Crippen LogP contribution in [0.3, 0.4) is 0 Å². The van der Waals surface area contributed by atoms with E-state index in [1.165, 1.54) is 11.3 Å². The fourth-order valence-electron chi connectivity index (χ4n) is 2.80. The molecule has 0 unspecified atom stereocenters. The SMILES string of the molecule is Cc1c(CCCC(=O)O)sc2nc(Cc3ccc(Cl)c(Cl)c3)[nH]c(=O)c12. The highest BCUT2D eigenvalue weighted by Gasteiger charge is 2.15. The Hall–Kier alpha value is -1.89. The van der Waals surface area contributed by atoms with Gasteiger partial charge >= 0.3 is 5.97 Å². The Balaban J connectivity index is 1.90. The van der Waals surface area contributed by atoms with E-state index in [1.54, 1.807) is 12.1 Å². The zero-order chi connectivity index (χ0) is 18.8. The minimum absolute atomic E-state index is 0.111. The molecular formula is C18H16Cl2N2O3S. The van der Waals surface area contributed by atoms with Crippen LogP contribution < -0.4 is 5.56 Å². The number of rotatable bonds is 6. The van der Waals surface area contributed by atoms with Crippen LogP contribution in [0.15, 0.2) is 23.0 Å². The van der Waals surface area contributed by atoms with Gasteiger partial charge in [0, 0.05) is 17.7 Å². The Morgan fingerprint density at radius 3 is 2.77 bits per heavy atom. The number of nitrogens with zero attached hydrogens (tertiary/aromatic N) is 1. The molecule has 0 fully saturated rings. The maximum atomic E-state index is 12.5. The molecule has 2 N–H and O–H groups in total. The number of aryl methyl sites for hydroxylation is 2. The van der Waals surface area contributed by atoms with Gasteiger partial charge in [0.2, 0.25) is 0 Å². The van der Waals surface area contributed by atoms with Crippen LogP contribution in [0.2, 0.25) is 10.0 Å². The summed E-state index contributed by atoms with van der Waals surface area (Å²) in [5.74, 6) is -0.261. The molecule has 0 radical (unpaired) electrons. The average Bonchev–Trinajstić information content (AvgIpc) is 2.87. The summed E-state index contributed by atoms with van der Waals surface area (Å²) < 4.78 is 0. The van der Waals surface area contributed by atoms with E-state index in [0.29, 0.717) is 45.3 Å². The molecule has 2 heterocycles. The molecule has 2 aromatic heterocycles. The topological polar surface area (TPSA) is 83.0 Å². The fourth-order valence-corrected chi connectivity index (χ4v) is 4.36. The van der Waals surface area contributed by atoms with E-state index in [9.17, 15) is 9.59 Å². The predicted octanol–water partition coefficient (Wildman–Crippen LogP) is 4.60. The lowest BCUT2D eigenvalue weighted by Gasteiger charge is -2.03. The van der Waals surface area contributed by atoms with Gasteiger partial charge in [-0.3, -0.25) is 9.59 Å². The van der Waals surface area contributed by atoms with Gasteiger partial charge in [-0.2, -0.15) is 0 Å². The van der Waals surface area contributed by atoms with Gasteiger partial charge in [0.1, 0.15) is 10.7 Å². The molecule has 0 aliphatic rings. The minimum atomic E-state index is -0.816. The molecule has 0 saturated carbocycles. The smallest absolute Gasteiger partial charge is 0.303 e. The highest BCUT2D eigenvalue weighted by atomic mass is 35.5. The van der Waals surface area contributed by atoms with Gasteiger partial charge in [0.25, 0.3) is 5.56 Å². The molecule has 0 aliphatic heterocycles. The third-order valence-electron chi connectivity index (χ3n) is 4.10. The Morgan fingerprint density at radius 2 is 2.08 bits per heavy atom. The lowest BCUT2D eigenvalue weighted by atomic mass is 10.1. The first kappa shape index (κ1) is 18.9. The number of halogens is 2. The molecule has 1 aromatic carbocycles. The van der Waals surface area contributed by atoms with Crippen molar-refractivity contribution in [3.63, 3.8) is 0 Å². The molecule has 26 heavy (non-hydrogen) atoms. The van der Waals surface area contributed by atoms with E-state index in [1.807, 2.05) is 13.0 Å². The molecule has 8 heteroatoms. The molecule has 0 amide bonds. The Morgan fingerprint density at radius 1 is 1.31 bits per heavy atom. The van der Waals surface area contributed by atoms with Crippen molar-refractivity contribution in [3.8, 4) is 0 Å². The van der Waals surface area contributed by atoms with Crippen LogP contribution in [0.25, 0.3) is 10.2 Å². The number of nitrogens with one attached hydrogen (secondary N) is 1. The van der Waals surface area contributed by atoms with Crippen molar-refractivity contribution < 1.29 is 9.90 Å². The van der Waals surface area contributed by atoms with E-state index < -0.39 is 5.97 Å². The summed E-state index contributed by atoms with van der Waals surface area (Å²) >= 11 is 13.4. The summed E-state index contributed by atoms with van der Waals surface area (Å²) in [4.78, 5) is 32.3. The Kier molecular flexibility index (Phi) is 5.65. The lowest BCUT2D eigenvalue weighted by molar-refractivity contribution is -0.137. The summed E-state index contributed by atoms with van der Waals surface area (Å²) in [7, 11) is 0. The highest BCUT2D eigenvalue weighted by Crippen LogP contribution is 2.29. The first-order chi connectivity index (χ1) is 12.3. The summed E-state index contributed by atoms with van der Waals surface area (Å²) in [5, 5.41) is 10.3. The van der Waals surface area contributed by atoms with Gasteiger partial charge in [-0.15, -0.1) is 11.3 Å². The molecule has 0 spiro atoms. The van der Waals surface area contributed by atoms with Crippen molar-refractivity contribution in [2.24, 2.45) is 0 Å². The van der Waals surface area contributed by atoms with Crippen molar-refractivity contribution in [1.82, 2.24) is 9.97 Å².